The van der Waals surface area contributed by atoms with Crippen molar-refractivity contribution in [2.75, 3.05) is 5.88 Å². The monoisotopic (exact) mass is 490 g/mol. The maximum atomic E-state index is 11.4. The molecule has 0 amide bonds. The highest BCUT2D eigenvalue weighted by atomic mass is 35.5. The van der Waals surface area contributed by atoms with E-state index in [1.807, 2.05) is 0 Å². The van der Waals surface area contributed by atoms with Crippen molar-refractivity contribution in [3.8, 4) is 0 Å². The molecule has 0 aliphatic rings. The van der Waals surface area contributed by atoms with E-state index in [0.717, 1.165) is 12.8 Å². The quantitative estimate of drug-likeness (QED) is 0.224. The summed E-state index contributed by atoms with van der Waals surface area (Å²) in [5.74, 6) is -2.28. The summed E-state index contributed by atoms with van der Waals surface area (Å²) in [6.07, 6.45) is 2.68. The zero-order chi connectivity index (χ0) is 20.3. The third kappa shape index (κ3) is 10.9. The zero-order valence-electron chi connectivity index (χ0n) is 14.1. The van der Waals surface area contributed by atoms with Crippen LogP contribution in [-0.2, 0) is 9.59 Å². The molecule has 2 N–H and O–H groups in total. The predicted octanol–water partition coefficient (Wildman–Crippen LogP) is 5.78. The third-order valence-corrected chi connectivity index (χ3v) is 7.38. The van der Waals surface area contributed by atoms with E-state index < -0.39 is 44.7 Å². The van der Waals surface area contributed by atoms with Gasteiger partial charge in [0.05, 0.1) is 32.8 Å². The lowest BCUT2D eigenvalue weighted by atomic mass is 9.94. The van der Waals surface area contributed by atoms with Gasteiger partial charge in [0, 0.05) is 12.3 Å². The third-order valence-electron chi connectivity index (χ3n) is 3.97. The van der Waals surface area contributed by atoms with Crippen molar-refractivity contribution in [2.45, 2.75) is 71.8 Å². The SMILES string of the molecule is O=C(O)CCCC(CC(Cl)C(Cl)C(Cl)C(Cl)C(Cl)CCCCCl)C(=O)O. The van der Waals surface area contributed by atoms with Gasteiger partial charge in [0.15, 0.2) is 0 Å². The Morgan fingerprint density at radius 3 is 1.85 bits per heavy atom. The number of alkyl halides is 6. The Morgan fingerprint density at radius 1 is 0.769 bits per heavy atom. The van der Waals surface area contributed by atoms with Crippen LogP contribution in [0, 0.1) is 5.92 Å². The maximum absolute atomic E-state index is 11.4. The molecule has 0 radical (unpaired) electrons. The van der Waals surface area contributed by atoms with Crippen LogP contribution in [0.4, 0.5) is 0 Å². The first-order valence-corrected chi connectivity index (χ1v) is 11.0. The van der Waals surface area contributed by atoms with Gasteiger partial charge in [-0.1, -0.05) is 6.42 Å². The average molecular weight is 493 g/mol. The summed E-state index contributed by atoms with van der Waals surface area (Å²) >= 11 is 37.1. The van der Waals surface area contributed by atoms with Crippen molar-refractivity contribution < 1.29 is 19.8 Å². The summed E-state index contributed by atoms with van der Waals surface area (Å²) in [6, 6.07) is 0. The highest BCUT2D eigenvalue weighted by Gasteiger charge is 2.35. The second kappa shape index (κ2) is 14.6. The first kappa shape index (κ1) is 26.7. The van der Waals surface area contributed by atoms with Crippen LogP contribution in [0.25, 0.3) is 0 Å². The van der Waals surface area contributed by atoms with E-state index in [-0.39, 0.29) is 25.7 Å². The summed E-state index contributed by atoms with van der Waals surface area (Å²) in [5, 5.41) is 14.6. The Balaban J connectivity index is 4.60. The zero-order valence-corrected chi connectivity index (χ0v) is 18.6. The second-order valence-corrected chi connectivity index (χ2v) is 9.12. The van der Waals surface area contributed by atoms with Crippen molar-refractivity contribution in [2.24, 2.45) is 5.92 Å². The molecule has 0 aromatic heterocycles. The summed E-state index contributed by atoms with van der Waals surface area (Å²) in [6.45, 7) is 0. The standard InChI is InChI=1S/C16H24Cl6O4/c17-7-2-1-5-10(18)13(20)15(22)14(21)11(19)8-9(16(25)26)4-3-6-12(23)24/h9-11,13-15H,1-8H2,(H,23,24)(H,25,26). The molecule has 10 heteroatoms. The molecule has 0 saturated heterocycles. The lowest BCUT2D eigenvalue weighted by Gasteiger charge is -2.28. The summed E-state index contributed by atoms with van der Waals surface area (Å²) in [5.41, 5.74) is 0. The first-order valence-electron chi connectivity index (χ1n) is 8.32. The normalized spacial score (nSPS) is 18.5. The largest absolute Gasteiger partial charge is 0.481 e. The van der Waals surface area contributed by atoms with Crippen LogP contribution in [0.3, 0.4) is 0 Å². The highest BCUT2D eigenvalue weighted by molar-refractivity contribution is 6.39. The molecule has 6 atom stereocenters. The molecule has 0 aliphatic carbocycles. The van der Waals surface area contributed by atoms with E-state index in [1.54, 1.807) is 0 Å². The number of aliphatic carboxylic acids is 2. The van der Waals surface area contributed by atoms with Crippen LogP contribution in [-0.4, -0.2) is 54.9 Å². The molecule has 0 rings (SSSR count). The van der Waals surface area contributed by atoms with Gasteiger partial charge in [-0.3, -0.25) is 9.59 Å². The van der Waals surface area contributed by atoms with Gasteiger partial charge in [-0.05, 0) is 32.1 Å². The first-order chi connectivity index (χ1) is 12.1. The molecule has 6 unspecified atom stereocenters. The number of hydrogen-bond donors (Lipinski definition) is 2. The van der Waals surface area contributed by atoms with E-state index in [0.29, 0.717) is 12.3 Å². The summed E-state index contributed by atoms with van der Waals surface area (Å²) in [4.78, 5) is 21.9. The Kier molecular flexibility index (Phi) is 15.0. The minimum Gasteiger partial charge on any atom is -0.481 e. The molecule has 0 aromatic carbocycles. The fourth-order valence-corrected chi connectivity index (χ4v) is 4.40. The molecule has 0 bridgehead atoms. The van der Waals surface area contributed by atoms with Gasteiger partial charge in [-0.15, -0.1) is 69.6 Å². The molecular formula is C16H24Cl6O4. The van der Waals surface area contributed by atoms with Crippen molar-refractivity contribution in [3.63, 3.8) is 0 Å². The van der Waals surface area contributed by atoms with E-state index >= 15 is 0 Å². The topological polar surface area (TPSA) is 74.6 Å². The van der Waals surface area contributed by atoms with Crippen molar-refractivity contribution in [1.29, 1.82) is 0 Å². The van der Waals surface area contributed by atoms with Crippen molar-refractivity contribution in [1.82, 2.24) is 0 Å². The maximum Gasteiger partial charge on any atom is 0.306 e. The van der Waals surface area contributed by atoms with Crippen LogP contribution in [0.1, 0.15) is 44.9 Å². The number of carboxylic acid groups (broad SMARTS) is 2. The molecule has 154 valence electrons. The van der Waals surface area contributed by atoms with Gasteiger partial charge < -0.3 is 10.2 Å². The average Bonchev–Trinajstić information content (AvgIpc) is 2.58. The molecule has 0 aromatic rings. The van der Waals surface area contributed by atoms with Gasteiger partial charge in [-0.2, -0.15) is 0 Å². The number of hydrogen-bond acceptors (Lipinski definition) is 2. The minimum absolute atomic E-state index is 0.0662. The van der Waals surface area contributed by atoms with E-state index in [2.05, 4.69) is 0 Å². The molecule has 0 saturated carbocycles. The molecule has 0 spiro atoms. The molecule has 0 aliphatic heterocycles. The van der Waals surface area contributed by atoms with Crippen LogP contribution >= 0.6 is 69.6 Å². The Bertz CT molecular complexity index is 426. The van der Waals surface area contributed by atoms with Crippen LogP contribution < -0.4 is 0 Å². The molecule has 0 heterocycles. The minimum atomic E-state index is -1.05. The fourth-order valence-electron chi connectivity index (χ4n) is 2.41. The lowest BCUT2D eigenvalue weighted by molar-refractivity contribution is -0.143. The van der Waals surface area contributed by atoms with E-state index in [1.165, 1.54) is 0 Å². The number of carbonyl (C=O) groups is 2. The second-order valence-electron chi connectivity index (χ2n) is 6.11. The van der Waals surface area contributed by atoms with Gasteiger partial charge in [0.1, 0.15) is 0 Å². The molecule has 0 fully saturated rings. The number of rotatable bonds is 15. The summed E-state index contributed by atoms with van der Waals surface area (Å²) in [7, 11) is 0. The Morgan fingerprint density at radius 2 is 1.35 bits per heavy atom. The number of unbranched alkanes of at least 4 members (excludes halogenated alkanes) is 1. The molecular weight excluding hydrogens is 469 g/mol. The Hall–Kier alpha value is 0.680. The van der Waals surface area contributed by atoms with Crippen molar-refractivity contribution in [3.05, 3.63) is 0 Å². The van der Waals surface area contributed by atoms with Crippen molar-refractivity contribution >= 4 is 81.5 Å². The van der Waals surface area contributed by atoms with Gasteiger partial charge in [0.25, 0.3) is 0 Å². The lowest BCUT2D eigenvalue weighted by Crippen LogP contribution is -2.38. The van der Waals surface area contributed by atoms with E-state index in [4.69, 9.17) is 74.7 Å². The van der Waals surface area contributed by atoms with E-state index in [9.17, 15) is 14.7 Å². The van der Waals surface area contributed by atoms with Crippen LogP contribution in [0.5, 0.6) is 0 Å². The van der Waals surface area contributed by atoms with Gasteiger partial charge in [0.2, 0.25) is 0 Å². The van der Waals surface area contributed by atoms with Gasteiger partial charge >= 0.3 is 11.9 Å². The highest BCUT2D eigenvalue weighted by Crippen LogP contribution is 2.32. The van der Waals surface area contributed by atoms with Crippen LogP contribution in [0.2, 0.25) is 0 Å². The Labute approximate surface area is 184 Å². The number of halogens is 6. The smallest absolute Gasteiger partial charge is 0.306 e. The molecule has 4 nitrogen and oxygen atoms in total. The number of carboxylic acids is 2. The predicted molar refractivity (Wildman–Crippen MR) is 110 cm³/mol. The van der Waals surface area contributed by atoms with Gasteiger partial charge in [-0.25, -0.2) is 0 Å². The van der Waals surface area contributed by atoms with Crippen LogP contribution in [0.15, 0.2) is 0 Å². The molecule has 26 heavy (non-hydrogen) atoms. The summed E-state index contributed by atoms with van der Waals surface area (Å²) < 4.78 is 0. The fraction of sp³-hybridized carbons (Fsp3) is 0.875.